The van der Waals surface area contributed by atoms with Gasteiger partial charge in [-0.05, 0) is 62.2 Å². The lowest BCUT2D eigenvalue weighted by atomic mass is 9.86. The van der Waals surface area contributed by atoms with Crippen LogP contribution in [-0.4, -0.2) is 46.2 Å². The van der Waals surface area contributed by atoms with E-state index in [9.17, 15) is 4.79 Å². The number of hydrogen-bond acceptors (Lipinski definition) is 4. The SMILES string of the molecule is CN(C)Cc1cnc2[nH]cc(-c3ccco3)c2c1C1=CCCC(NC(=O)O)C1. The van der Waals surface area contributed by atoms with Crippen molar-refractivity contribution in [3.05, 3.63) is 48.0 Å². The average Bonchev–Trinajstić information content (AvgIpc) is 3.30. The predicted molar refractivity (Wildman–Crippen MR) is 108 cm³/mol. The number of pyridine rings is 1. The summed E-state index contributed by atoms with van der Waals surface area (Å²) in [6.07, 6.45) is 9.07. The molecule has 0 fully saturated rings. The zero-order valence-corrected chi connectivity index (χ0v) is 16.0. The predicted octanol–water partition coefficient (Wildman–Crippen LogP) is 4.09. The van der Waals surface area contributed by atoms with Crippen LogP contribution in [-0.2, 0) is 6.54 Å². The number of carboxylic acid groups (broad SMARTS) is 1. The maximum Gasteiger partial charge on any atom is 0.404 e. The molecule has 0 aromatic carbocycles. The number of hydrogen-bond donors (Lipinski definition) is 3. The van der Waals surface area contributed by atoms with E-state index in [1.807, 2.05) is 38.6 Å². The van der Waals surface area contributed by atoms with Crippen molar-refractivity contribution in [2.45, 2.75) is 31.8 Å². The van der Waals surface area contributed by atoms with Crippen LogP contribution in [0.25, 0.3) is 27.9 Å². The van der Waals surface area contributed by atoms with Crippen LogP contribution >= 0.6 is 0 Å². The monoisotopic (exact) mass is 380 g/mol. The second kappa shape index (κ2) is 7.52. The van der Waals surface area contributed by atoms with Crippen molar-refractivity contribution in [3.8, 4) is 11.3 Å². The van der Waals surface area contributed by atoms with Crippen molar-refractivity contribution < 1.29 is 14.3 Å². The van der Waals surface area contributed by atoms with Gasteiger partial charge in [0.1, 0.15) is 11.4 Å². The number of furan rings is 1. The molecular formula is C21H24N4O3. The third-order valence-electron chi connectivity index (χ3n) is 5.07. The van der Waals surface area contributed by atoms with Crippen molar-refractivity contribution in [1.29, 1.82) is 0 Å². The Balaban J connectivity index is 1.87. The largest absolute Gasteiger partial charge is 0.465 e. The second-order valence-electron chi connectivity index (χ2n) is 7.46. The Morgan fingerprint density at radius 1 is 1.46 bits per heavy atom. The Kier molecular flexibility index (Phi) is 4.92. The van der Waals surface area contributed by atoms with E-state index in [0.717, 1.165) is 58.4 Å². The van der Waals surface area contributed by atoms with Crippen LogP contribution in [0.5, 0.6) is 0 Å². The van der Waals surface area contributed by atoms with Crippen molar-refractivity contribution >= 4 is 22.7 Å². The summed E-state index contributed by atoms with van der Waals surface area (Å²) >= 11 is 0. The third kappa shape index (κ3) is 3.53. The van der Waals surface area contributed by atoms with Gasteiger partial charge in [0.25, 0.3) is 0 Å². The molecule has 28 heavy (non-hydrogen) atoms. The summed E-state index contributed by atoms with van der Waals surface area (Å²) in [4.78, 5) is 21.1. The summed E-state index contributed by atoms with van der Waals surface area (Å²) in [5.74, 6) is 0.785. The van der Waals surface area contributed by atoms with Gasteiger partial charge in [0.2, 0.25) is 0 Å². The first kappa shape index (κ1) is 18.3. The lowest BCUT2D eigenvalue weighted by Gasteiger charge is -2.25. The van der Waals surface area contributed by atoms with Crippen molar-refractivity contribution in [1.82, 2.24) is 20.2 Å². The van der Waals surface area contributed by atoms with Crippen LogP contribution in [0.2, 0.25) is 0 Å². The van der Waals surface area contributed by atoms with Gasteiger partial charge in [-0.25, -0.2) is 9.78 Å². The van der Waals surface area contributed by atoms with E-state index >= 15 is 0 Å². The molecule has 0 bridgehead atoms. The smallest absolute Gasteiger partial charge is 0.404 e. The van der Waals surface area contributed by atoms with E-state index in [2.05, 4.69) is 26.3 Å². The van der Waals surface area contributed by atoms with Crippen LogP contribution in [0.3, 0.4) is 0 Å². The summed E-state index contributed by atoms with van der Waals surface area (Å²) in [7, 11) is 4.06. The molecule has 1 amide bonds. The summed E-state index contributed by atoms with van der Waals surface area (Å²) in [6.45, 7) is 0.745. The van der Waals surface area contributed by atoms with E-state index in [4.69, 9.17) is 9.52 Å². The Bertz CT molecular complexity index is 1020. The fraction of sp³-hybridized carbons (Fsp3) is 0.333. The number of nitrogens with zero attached hydrogens (tertiary/aromatic N) is 2. The van der Waals surface area contributed by atoms with Crippen LogP contribution in [0.1, 0.15) is 30.4 Å². The first-order chi connectivity index (χ1) is 13.5. The summed E-state index contributed by atoms with van der Waals surface area (Å²) in [5.41, 5.74) is 5.17. The van der Waals surface area contributed by atoms with Crippen molar-refractivity contribution in [3.63, 3.8) is 0 Å². The zero-order valence-electron chi connectivity index (χ0n) is 16.0. The van der Waals surface area contributed by atoms with E-state index in [-0.39, 0.29) is 6.04 Å². The van der Waals surface area contributed by atoms with Gasteiger partial charge in [0.15, 0.2) is 0 Å². The Labute approximate surface area is 163 Å². The Morgan fingerprint density at radius 3 is 3.04 bits per heavy atom. The second-order valence-corrected chi connectivity index (χ2v) is 7.46. The average molecular weight is 380 g/mol. The van der Waals surface area contributed by atoms with Crippen LogP contribution < -0.4 is 5.32 Å². The summed E-state index contributed by atoms with van der Waals surface area (Å²) in [5, 5.41) is 12.8. The molecule has 3 N–H and O–H groups in total. The molecule has 0 aliphatic heterocycles. The molecule has 7 heteroatoms. The topological polar surface area (TPSA) is 94.4 Å². The van der Waals surface area contributed by atoms with Gasteiger partial charge in [-0.2, -0.15) is 0 Å². The molecule has 1 aliphatic rings. The number of amides is 1. The lowest BCUT2D eigenvalue weighted by Crippen LogP contribution is -2.35. The molecule has 0 spiro atoms. The molecule has 4 rings (SSSR count). The highest BCUT2D eigenvalue weighted by Gasteiger charge is 2.24. The molecule has 3 aromatic rings. The fourth-order valence-corrected chi connectivity index (χ4v) is 4.00. The van der Waals surface area contributed by atoms with Crippen LogP contribution in [0, 0.1) is 0 Å². The maximum absolute atomic E-state index is 11.1. The first-order valence-corrected chi connectivity index (χ1v) is 9.39. The minimum Gasteiger partial charge on any atom is -0.465 e. The normalized spacial score (nSPS) is 17.1. The highest BCUT2D eigenvalue weighted by molar-refractivity contribution is 6.01. The van der Waals surface area contributed by atoms with Gasteiger partial charge in [0.05, 0.1) is 6.26 Å². The van der Waals surface area contributed by atoms with E-state index in [1.54, 1.807) is 6.26 Å². The van der Waals surface area contributed by atoms with E-state index in [0.29, 0.717) is 6.42 Å². The number of nitrogens with one attached hydrogen (secondary N) is 2. The number of aromatic amines is 1. The Hall–Kier alpha value is -3.06. The summed E-state index contributed by atoms with van der Waals surface area (Å²) < 4.78 is 5.66. The molecule has 7 nitrogen and oxygen atoms in total. The van der Waals surface area contributed by atoms with Crippen LogP contribution in [0.15, 0.2) is 41.3 Å². The molecule has 3 aromatic heterocycles. The molecule has 0 saturated heterocycles. The maximum atomic E-state index is 11.1. The van der Waals surface area contributed by atoms with E-state index < -0.39 is 6.09 Å². The number of fused-ring (bicyclic) bond motifs is 1. The molecular weight excluding hydrogens is 356 g/mol. The molecule has 1 aliphatic carbocycles. The fourth-order valence-electron chi connectivity index (χ4n) is 4.00. The van der Waals surface area contributed by atoms with Gasteiger partial charge in [0, 0.05) is 35.9 Å². The van der Waals surface area contributed by atoms with Crippen molar-refractivity contribution in [2.75, 3.05) is 14.1 Å². The van der Waals surface area contributed by atoms with Gasteiger partial charge in [-0.3, -0.25) is 0 Å². The first-order valence-electron chi connectivity index (χ1n) is 9.39. The Morgan fingerprint density at radius 2 is 2.32 bits per heavy atom. The zero-order chi connectivity index (χ0) is 19.7. The minimum atomic E-state index is -0.974. The molecule has 0 radical (unpaired) electrons. The van der Waals surface area contributed by atoms with Gasteiger partial charge in [-0.1, -0.05) is 6.08 Å². The van der Waals surface area contributed by atoms with Crippen LogP contribution in [0.4, 0.5) is 4.79 Å². The highest BCUT2D eigenvalue weighted by atomic mass is 16.4. The van der Waals surface area contributed by atoms with Gasteiger partial charge in [-0.15, -0.1) is 0 Å². The van der Waals surface area contributed by atoms with Crippen molar-refractivity contribution in [2.24, 2.45) is 0 Å². The standard InChI is InChI=1S/C21H24N4O3/c1-25(2)12-14-10-22-20-19(16(11-23-20)17-7-4-8-28-17)18(14)13-5-3-6-15(9-13)24-21(26)27/h4-5,7-8,10-11,15,24H,3,6,9,12H2,1-2H3,(H,22,23)(H,26,27). The molecule has 3 heterocycles. The molecule has 1 atom stereocenters. The highest BCUT2D eigenvalue weighted by Crippen LogP contribution is 2.39. The molecule has 146 valence electrons. The van der Waals surface area contributed by atoms with Gasteiger partial charge >= 0.3 is 6.09 Å². The minimum absolute atomic E-state index is 0.0843. The quantitative estimate of drug-likeness (QED) is 0.620. The lowest BCUT2D eigenvalue weighted by molar-refractivity contribution is 0.189. The summed E-state index contributed by atoms with van der Waals surface area (Å²) in [6, 6.07) is 3.73. The van der Waals surface area contributed by atoms with E-state index in [1.165, 1.54) is 0 Å². The number of rotatable bonds is 5. The number of H-pyrrole nitrogens is 1. The molecule has 0 saturated carbocycles. The number of carbonyl (C=O) groups is 1. The number of aromatic nitrogens is 2. The number of allylic oxidation sites excluding steroid dienone is 1. The third-order valence-corrected chi connectivity index (χ3v) is 5.07. The molecule has 1 unspecified atom stereocenters. The van der Waals surface area contributed by atoms with Gasteiger partial charge < -0.3 is 24.7 Å².